The Balaban J connectivity index is 2.19. The maximum atomic E-state index is 12.3. The van der Waals surface area contributed by atoms with Gasteiger partial charge >= 0.3 is 5.97 Å². The molecule has 1 saturated carbocycles. The van der Waals surface area contributed by atoms with Crippen LogP contribution in [0.25, 0.3) is 0 Å². The van der Waals surface area contributed by atoms with Crippen LogP contribution < -0.4 is 0 Å². The zero-order chi connectivity index (χ0) is 13.8. The van der Waals surface area contributed by atoms with E-state index in [2.05, 4.69) is 5.92 Å². The first-order chi connectivity index (χ1) is 9.13. The number of hydrogen-bond acceptors (Lipinski definition) is 2. The second-order valence-corrected chi connectivity index (χ2v) is 4.64. The normalized spacial score (nSPS) is 14.5. The van der Waals surface area contributed by atoms with Gasteiger partial charge in [-0.25, -0.2) is 0 Å². The minimum Gasteiger partial charge on any atom is -0.480 e. The molecule has 1 heterocycles. The van der Waals surface area contributed by atoms with E-state index in [0.717, 1.165) is 12.8 Å². The van der Waals surface area contributed by atoms with Crippen molar-refractivity contribution in [1.29, 1.82) is 0 Å². The van der Waals surface area contributed by atoms with Crippen molar-refractivity contribution < 1.29 is 14.7 Å². The molecule has 0 atom stereocenters. The zero-order valence-electron chi connectivity index (χ0n) is 10.6. The lowest BCUT2D eigenvalue weighted by Gasteiger charge is -2.29. The molecule has 0 unspecified atom stereocenters. The Hall–Kier alpha value is -2.22. The Morgan fingerprint density at radius 3 is 2.79 bits per heavy atom. The smallest absolute Gasteiger partial charge is 0.323 e. The average Bonchev–Trinajstić information content (AvgIpc) is 2.73. The van der Waals surface area contributed by atoms with Gasteiger partial charge in [0.2, 0.25) is 0 Å². The SMILES string of the molecule is C#CCN(CC(=O)O)C(=O)c1cccn1C1CCC1. The van der Waals surface area contributed by atoms with Gasteiger partial charge in [0.05, 0.1) is 6.54 Å². The Kier molecular flexibility index (Phi) is 3.91. The number of carboxylic acid groups (broad SMARTS) is 1. The Bertz CT molecular complexity index is 523. The summed E-state index contributed by atoms with van der Waals surface area (Å²) in [7, 11) is 0. The largest absolute Gasteiger partial charge is 0.480 e. The van der Waals surface area contributed by atoms with Gasteiger partial charge in [-0.05, 0) is 31.4 Å². The van der Waals surface area contributed by atoms with Gasteiger partial charge in [0.15, 0.2) is 0 Å². The van der Waals surface area contributed by atoms with Crippen LogP contribution in [-0.2, 0) is 4.79 Å². The number of nitrogens with zero attached hydrogens (tertiary/aromatic N) is 2. The fraction of sp³-hybridized carbons (Fsp3) is 0.429. The number of rotatable bonds is 5. The summed E-state index contributed by atoms with van der Waals surface area (Å²) in [5, 5.41) is 8.82. The van der Waals surface area contributed by atoms with E-state index in [1.807, 2.05) is 10.8 Å². The van der Waals surface area contributed by atoms with E-state index in [4.69, 9.17) is 11.5 Å². The first-order valence-electron chi connectivity index (χ1n) is 6.25. The molecule has 5 heteroatoms. The van der Waals surface area contributed by atoms with Crippen molar-refractivity contribution in [3.8, 4) is 12.3 Å². The van der Waals surface area contributed by atoms with Gasteiger partial charge in [0.25, 0.3) is 5.91 Å². The quantitative estimate of drug-likeness (QED) is 0.813. The minimum absolute atomic E-state index is 0.000972. The molecule has 19 heavy (non-hydrogen) atoms. The molecular formula is C14H16N2O3. The van der Waals surface area contributed by atoms with Crippen LogP contribution in [0.1, 0.15) is 35.8 Å². The first-order valence-corrected chi connectivity index (χ1v) is 6.25. The molecule has 1 fully saturated rings. The standard InChI is InChI=1S/C14H16N2O3/c1-2-8-15(10-13(17)18)14(19)12-7-4-9-16(12)11-5-3-6-11/h1,4,7,9,11H,3,5-6,8,10H2,(H,17,18). The lowest BCUT2D eigenvalue weighted by Crippen LogP contribution is -2.37. The van der Waals surface area contributed by atoms with Gasteiger partial charge in [-0.3, -0.25) is 9.59 Å². The number of aliphatic carboxylic acids is 1. The number of carbonyl (C=O) groups is 2. The van der Waals surface area contributed by atoms with Crippen LogP contribution in [0.4, 0.5) is 0 Å². The number of amides is 1. The second-order valence-electron chi connectivity index (χ2n) is 4.64. The predicted octanol–water partition coefficient (Wildman–Crippen LogP) is 1.37. The van der Waals surface area contributed by atoms with Crippen molar-refractivity contribution in [2.24, 2.45) is 0 Å². The molecule has 1 N–H and O–H groups in total. The maximum absolute atomic E-state index is 12.3. The molecule has 2 rings (SSSR count). The lowest BCUT2D eigenvalue weighted by atomic mass is 9.93. The summed E-state index contributed by atoms with van der Waals surface area (Å²) in [4.78, 5) is 24.3. The molecule has 100 valence electrons. The van der Waals surface area contributed by atoms with Gasteiger partial charge in [0, 0.05) is 12.2 Å². The van der Waals surface area contributed by atoms with E-state index in [1.165, 1.54) is 11.3 Å². The fourth-order valence-corrected chi connectivity index (χ4v) is 2.19. The summed E-state index contributed by atoms with van der Waals surface area (Å²) < 4.78 is 1.93. The zero-order valence-corrected chi connectivity index (χ0v) is 10.6. The van der Waals surface area contributed by atoms with Crippen molar-refractivity contribution >= 4 is 11.9 Å². The van der Waals surface area contributed by atoms with E-state index in [0.29, 0.717) is 11.7 Å². The molecule has 1 aliphatic rings. The van der Waals surface area contributed by atoms with Crippen LogP contribution in [0, 0.1) is 12.3 Å². The third kappa shape index (κ3) is 2.79. The molecule has 1 aliphatic carbocycles. The molecular weight excluding hydrogens is 244 g/mol. The van der Waals surface area contributed by atoms with Gasteiger partial charge in [0.1, 0.15) is 12.2 Å². The van der Waals surface area contributed by atoms with Gasteiger partial charge in [-0.1, -0.05) is 5.92 Å². The highest BCUT2D eigenvalue weighted by Crippen LogP contribution is 2.32. The number of hydrogen-bond donors (Lipinski definition) is 1. The average molecular weight is 260 g/mol. The summed E-state index contributed by atoms with van der Waals surface area (Å²) in [5.74, 6) is 0.939. The number of aromatic nitrogens is 1. The third-order valence-electron chi connectivity index (χ3n) is 3.36. The minimum atomic E-state index is -1.06. The first kappa shape index (κ1) is 13.2. The summed E-state index contributed by atoms with van der Waals surface area (Å²) in [6.07, 6.45) is 10.3. The van der Waals surface area contributed by atoms with Crippen molar-refractivity contribution in [3.05, 3.63) is 24.0 Å². The predicted molar refractivity (Wildman–Crippen MR) is 69.7 cm³/mol. The van der Waals surface area contributed by atoms with E-state index < -0.39 is 5.97 Å². The van der Waals surface area contributed by atoms with Crippen molar-refractivity contribution in [2.75, 3.05) is 13.1 Å². The molecule has 0 aromatic carbocycles. The van der Waals surface area contributed by atoms with Gasteiger partial charge in [-0.2, -0.15) is 0 Å². The van der Waals surface area contributed by atoms with E-state index in [1.54, 1.807) is 12.1 Å². The Labute approximate surface area is 111 Å². The number of carboxylic acids is 1. The van der Waals surface area contributed by atoms with Gasteiger partial charge < -0.3 is 14.6 Å². The van der Waals surface area contributed by atoms with Crippen LogP contribution in [0.5, 0.6) is 0 Å². The monoisotopic (exact) mass is 260 g/mol. The summed E-state index contributed by atoms with van der Waals surface area (Å²) in [5.41, 5.74) is 0.515. The maximum Gasteiger partial charge on any atom is 0.323 e. The number of carbonyl (C=O) groups excluding carboxylic acids is 1. The third-order valence-corrected chi connectivity index (χ3v) is 3.36. The molecule has 0 saturated heterocycles. The number of terminal acetylenes is 1. The second kappa shape index (κ2) is 5.61. The van der Waals surface area contributed by atoms with Crippen LogP contribution in [0.2, 0.25) is 0 Å². The van der Waals surface area contributed by atoms with E-state index in [9.17, 15) is 9.59 Å². The molecule has 1 aromatic rings. The topological polar surface area (TPSA) is 62.5 Å². The van der Waals surface area contributed by atoms with Crippen molar-refractivity contribution in [3.63, 3.8) is 0 Å². The molecule has 0 bridgehead atoms. The highest BCUT2D eigenvalue weighted by Gasteiger charge is 2.26. The van der Waals surface area contributed by atoms with Gasteiger partial charge in [-0.15, -0.1) is 6.42 Å². The van der Waals surface area contributed by atoms with Crippen LogP contribution >= 0.6 is 0 Å². The fourth-order valence-electron chi connectivity index (χ4n) is 2.19. The molecule has 1 amide bonds. The van der Waals surface area contributed by atoms with Crippen molar-refractivity contribution in [1.82, 2.24) is 9.47 Å². The van der Waals surface area contributed by atoms with Crippen LogP contribution in [-0.4, -0.2) is 39.5 Å². The highest BCUT2D eigenvalue weighted by atomic mass is 16.4. The van der Waals surface area contributed by atoms with Crippen LogP contribution in [0.3, 0.4) is 0 Å². The summed E-state index contributed by atoms with van der Waals surface area (Å²) >= 11 is 0. The van der Waals surface area contributed by atoms with E-state index >= 15 is 0 Å². The molecule has 0 aliphatic heterocycles. The van der Waals surface area contributed by atoms with Crippen LogP contribution in [0.15, 0.2) is 18.3 Å². The summed E-state index contributed by atoms with van der Waals surface area (Å²) in [6.45, 7) is -0.375. The molecule has 1 aromatic heterocycles. The lowest BCUT2D eigenvalue weighted by molar-refractivity contribution is -0.137. The highest BCUT2D eigenvalue weighted by molar-refractivity contribution is 5.94. The van der Waals surface area contributed by atoms with Crippen molar-refractivity contribution in [2.45, 2.75) is 25.3 Å². The van der Waals surface area contributed by atoms with E-state index in [-0.39, 0.29) is 19.0 Å². The Morgan fingerprint density at radius 2 is 2.26 bits per heavy atom. The molecule has 5 nitrogen and oxygen atoms in total. The molecule has 0 radical (unpaired) electrons. The Morgan fingerprint density at radius 1 is 1.53 bits per heavy atom. The summed E-state index contributed by atoms with van der Waals surface area (Å²) in [6, 6.07) is 3.87. The molecule has 0 spiro atoms.